The Bertz CT molecular complexity index is 171. The minimum Gasteiger partial charge on any atom is -0.198 e. The fraction of sp³-hybridized carbons (Fsp3) is 0.500. The van der Waals surface area contributed by atoms with Gasteiger partial charge in [0.05, 0.1) is 18.4 Å². The molecule has 0 aromatic carbocycles. The van der Waals surface area contributed by atoms with Crippen LogP contribution in [-0.2, 0) is 6.42 Å². The summed E-state index contributed by atoms with van der Waals surface area (Å²) in [5.41, 5.74) is 0.773. The molecule has 5 nitrogen and oxygen atoms in total. The molecule has 1 N–H and O–H groups in total. The fourth-order valence-corrected chi connectivity index (χ4v) is 0.506. The molecule has 48 valence electrons. The van der Waals surface area contributed by atoms with Crippen LogP contribution < -0.4 is 0 Å². The molecule has 0 fully saturated rings. The lowest BCUT2D eigenvalue weighted by molar-refractivity contribution is 0.875. The zero-order chi connectivity index (χ0) is 6.53. The Hall–Kier alpha value is -1.26. The summed E-state index contributed by atoms with van der Waals surface area (Å²) in [6.07, 6.45) is 2.14. The van der Waals surface area contributed by atoms with Crippen LogP contribution in [0.25, 0.3) is 0 Å². The van der Waals surface area contributed by atoms with Crippen LogP contribution in [0.15, 0.2) is 11.4 Å². The smallest absolute Gasteiger partial charge is 0.0867 e. The van der Waals surface area contributed by atoms with Crippen molar-refractivity contribution < 1.29 is 0 Å². The average molecular weight is 126 g/mol. The first-order valence-corrected chi connectivity index (χ1v) is 2.57. The summed E-state index contributed by atoms with van der Waals surface area (Å²) in [6.45, 7) is 0.270. The van der Waals surface area contributed by atoms with E-state index in [2.05, 4.69) is 20.6 Å². The van der Waals surface area contributed by atoms with Gasteiger partial charge in [0.25, 0.3) is 0 Å². The van der Waals surface area contributed by atoms with E-state index in [1.54, 1.807) is 6.20 Å². The lowest BCUT2D eigenvalue weighted by Gasteiger charge is -1.81. The Kier molecular flexibility index (Phi) is 1.90. The van der Waals surface area contributed by atoms with Gasteiger partial charge in [0, 0.05) is 6.42 Å². The maximum absolute atomic E-state index is 9.59. The van der Waals surface area contributed by atoms with Gasteiger partial charge < -0.3 is 0 Å². The second kappa shape index (κ2) is 2.91. The second-order valence-electron chi connectivity index (χ2n) is 1.56. The third-order valence-electron chi connectivity index (χ3n) is 0.924. The van der Waals surface area contributed by atoms with Gasteiger partial charge in [0.15, 0.2) is 0 Å². The molecule has 0 spiro atoms. The molecule has 0 saturated carbocycles. The van der Waals surface area contributed by atoms with Gasteiger partial charge in [-0.2, -0.15) is 20.3 Å². The third-order valence-corrected chi connectivity index (χ3v) is 0.924. The minimum atomic E-state index is 0.270. The number of nitrogens with zero attached hydrogens (tertiary/aromatic N) is 3. The number of aromatic nitrogens is 3. The van der Waals surface area contributed by atoms with E-state index >= 15 is 0 Å². The molecular weight excluding hydrogens is 120 g/mol. The summed E-state index contributed by atoms with van der Waals surface area (Å²) in [5.74, 6) is 0. The lowest BCUT2D eigenvalue weighted by Crippen LogP contribution is -1.87. The average Bonchev–Trinajstić information content (AvgIpc) is 2.34. The van der Waals surface area contributed by atoms with E-state index in [4.69, 9.17) is 0 Å². The van der Waals surface area contributed by atoms with Crippen molar-refractivity contribution in [3.05, 3.63) is 16.8 Å². The first-order chi connectivity index (χ1) is 4.43. The number of aromatic amines is 1. The Morgan fingerprint density at radius 1 is 1.78 bits per heavy atom. The normalized spacial score (nSPS) is 9.33. The van der Waals surface area contributed by atoms with Gasteiger partial charge in [-0.05, 0) is 0 Å². The molecule has 0 bridgehead atoms. The van der Waals surface area contributed by atoms with Crippen molar-refractivity contribution in [3.63, 3.8) is 0 Å². The number of hydrogen-bond acceptors (Lipinski definition) is 4. The minimum absolute atomic E-state index is 0.270. The van der Waals surface area contributed by atoms with Gasteiger partial charge in [0.2, 0.25) is 0 Å². The van der Waals surface area contributed by atoms with Crippen LogP contribution in [0.1, 0.15) is 5.69 Å². The Balaban J connectivity index is 2.38. The van der Waals surface area contributed by atoms with Crippen LogP contribution in [0.4, 0.5) is 0 Å². The highest BCUT2D eigenvalue weighted by atomic mass is 16.3. The predicted octanol–water partition coefficient (Wildman–Crippen LogP) is 0.114. The standard InChI is InChI=1S/C4H6N4O/c9-6-2-1-4-3-5-8-7-4/h3H,1-2H2,(H,5,7,8). The second-order valence-corrected chi connectivity index (χ2v) is 1.56. The molecule has 1 rings (SSSR count). The van der Waals surface area contributed by atoms with Crippen molar-refractivity contribution >= 4 is 0 Å². The summed E-state index contributed by atoms with van der Waals surface area (Å²) in [5, 5.41) is 12.4. The molecule has 1 aromatic heterocycles. The van der Waals surface area contributed by atoms with Crippen molar-refractivity contribution in [2.45, 2.75) is 6.42 Å². The summed E-state index contributed by atoms with van der Waals surface area (Å²) in [4.78, 5) is 9.59. The lowest BCUT2D eigenvalue weighted by atomic mass is 10.3. The van der Waals surface area contributed by atoms with E-state index in [0.29, 0.717) is 6.42 Å². The molecule has 0 saturated heterocycles. The molecule has 1 aromatic rings. The summed E-state index contributed by atoms with van der Waals surface area (Å²) in [7, 11) is 0. The van der Waals surface area contributed by atoms with Crippen molar-refractivity contribution in [1.29, 1.82) is 0 Å². The molecule has 0 aliphatic rings. The molecule has 0 radical (unpaired) electrons. The third kappa shape index (κ3) is 1.60. The number of nitroso groups, excluding NO2 is 1. The van der Waals surface area contributed by atoms with Gasteiger partial charge in [-0.25, -0.2) is 0 Å². The summed E-state index contributed by atoms with van der Waals surface area (Å²) >= 11 is 0. The van der Waals surface area contributed by atoms with E-state index in [0.717, 1.165) is 5.69 Å². The van der Waals surface area contributed by atoms with E-state index in [9.17, 15) is 4.91 Å². The molecule has 0 aliphatic carbocycles. The van der Waals surface area contributed by atoms with E-state index in [-0.39, 0.29) is 6.54 Å². The zero-order valence-electron chi connectivity index (χ0n) is 4.74. The fourth-order valence-electron chi connectivity index (χ4n) is 0.506. The SMILES string of the molecule is O=NCCc1cn[nH]n1. The zero-order valence-corrected chi connectivity index (χ0v) is 4.74. The largest absolute Gasteiger partial charge is 0.198 e. The van der Waals surface area contributed by atoms with Crippen molar-refractivity contribution in [2.75, 3.05) is 6.54 Å². The molecule has 1 heterocycles. The van der Waals surface area contributed by atoms with Crippen molar-refractivity contribution in [3.8, 4) is 0 Å². The maximum Gasteiger partial charge on any atom is 0.0867 e. The van der Waals surface area contributed by atoms with Crippen molar-refractivity contribution in [1.82, 2.24) is 15.4 Å². The first kappa shape index (κ1) is 5.87. The number of H-pyrrole nitrogens is 1. The topological polar surface area (TPSA) is 71.0 Å². The Morgan fingerprint density at radius 3 is 3.22 bits per heavy atom. The van der Waals surface area contributed by atoms with Crippen LogP contribution in [0.3, 0.4) is 0 Å². The number of nitrogens with one attached hydrogen (secondary N) is 1. The number of rotatable bonds is 3. The highest BCUT2D eigenvalue weighted by molar-refractivity contribution is 4.90. The Labute approximate surface area is 51.4 Å². The molecule has 0 amide bonds. The maximum atomic E-state index is 9.59. The molecule has 0 unspecified atom stereocenters. The highest BCUT2D eigenvalue weighted by Crippen LogP contribution is 1.89. The van der Waals surface area contributed by atoms with Gasteiger partial charge >= 0.3 is 0 Å². The Morgan fingerprint density at radius 2 is 2.67 bits per heavy atom. The monoisotopic (exact) mass is 126 g/mol. The number of hydrogen-bond donors (Lipinski definition) is 1. The van der Waals surface area contributed by atoms with Crippen LogP contribution in [0.2, 0.25) is 0 Å². The van der Waals surface area contributed by atoms with Crippen LogP contribution in [-0.4, -0.2) is 22.0 Å². The van der Waals surface area contributed by atoms with E-state index in [1.807, 2.05) is 0 Å². The van der Waals surface area contributed by atoms with Crippen molar-refractivity contribution in [2.24, 2.45) is 5.18 Å². The van der Waals surface area contributed by atoms with Gasteiger partial charge in [-0.15, -0.1) is 0 Å². The molecular formula is C4H6N4O. The van der Waals surface area contributed by atoms with Gasteiger partial charge in [-0.3, -0.25) is 0 Å². The molecule has 5 heteroatoms. The predicted molar refractivity (Wildman–Crippen MR) is 30.7 cm³/mol. The van der Waals surface area contributed by atoms with Gasteiger partial charge in [0.1, 0.15) is 0 Å². The molecule has 0 aliphatic heterocycles. The first-order valence-electron chi connectivity index (χ1n) is 2.57. The summed E-state index contributed by atoms with van der Waals surface area (Å²) in [6, 6.07) is 0. The van der Waals surface area contributed by atoms with Crippen LogP contribution in [0.5, 0.6) is 0 Å². The quantitative estimate of drug-likeness (QED) is 0.584. The van der Waals surface area contributed by atoms with E-state index < -0.39 is 0 Å². The summed E-state index contributed by atoms with van der Waals surface area (Å²) < 4.78 is 0. The molecule has 9 heavy (non-hydrogen) atoms. The molecule has 0 atom stereocenters. The van der Waals surface area contributed by atoms with Gasteiger partial charge in [-0.1, -0.05) is 5.18 Å². The highest BCUT2D eigenvalue weighted by Gasteiger charge is 1.92. The van der Waals surface area contributed by atoms with Crippen LogP contribution in [0, 0.1) is 4.91 Å². The van der Waals surface area contributed by atoms with Crippen LogP contribution >= 0.6 is 0 Å². The van der Waals surface area contributed by atoms with E-state index in [1.165, 1.54) is 0 Å².